The van der Waals surface area contributed by atoms with Crippen LogP contribution in [0.3, 0.4) is 0 Å². The van der Waals surface area contributed by atoms with Crippen LogP contribution < -0.4 is 10.1 Å². The molecule has 0 aliphatic carbocycles. The van der Waals surface area contributed by atoms with Gasteiger partial charge in [-0.15, -0.1) is 11.8 Å². The van der Waals surface area contributed by atoms with E-state index < -0.39 is 16.6 Å². The fourth-order valence-corrected chi connectivity index (χ4v) is 3.59. The smallest absolute Gasteiger partial charge is 0.339 e. The highest BCUT2D eigenvalue weighted by Crippen LogP contribution is 2.28. The first kappa shape index (κ1) is 24.5. The van der Waals surface area contributed by atoms with Crippen LogP contribution in [0.2, 0.25) is 0 Å². The van der Waals surface area contributed by atoms with Crippen molar-refractivity contribution in [3.63, 3.8) is 0 Å². The minimum atomic E-state index is -0.581. The number of para-hydroxylation sites is 1. The number of nitrogens with one attached hydrogen (secondary N) is 1. The molecule has 2 aromatic carbocycles. The molecule has 0 spiro atoms. The van der Waals surface area contributed by atoms with Gasteiger partial charge in [-0.25, -0.2) is 4.79 Å². The first-order valence-electron chi connectivity index (χ1n) is 9.99. The molecule has 0 aromatic heterocycles. The van der Waals surface area contributed by atoms with Gasteiger partial charge in [0.25, 0.3) is 0 Å². The molecule has 0 saturated carbocycles. The Bertz CT molecular complexity index is 936. The molecule has 0 bridgehead atoms. The van der Waals surface area contributed by atoms with Gasteiger partial charge in [0.05, 0.1) is 17.9 Å². The summed E-state index contributed by atoms with van der Waals surface area (Å²) in [6.07, 6.45) is 0. The summed E-state index contributed by atoms with van der Waals surface area (Å²) in [5.41, 5.74) is 0.629. The molecule has 166 valence electrons. The van der Waals surface area contributed by atoms with E-state index in [0.717, 1.165) is 5.56 Å². The number of ketones is 1. The molecule has 0 radical (unpaired) electrons. The van der Waals surface area contributed by atoms with Crippen molar-refractivity contribution in [2.45, 2.75) is 44.4 Å². The highest BCUT2D eigenvalue weighted by atomic mass is 32.2. The number of rotatable bonds is 9. The Morgan fingerprint density at radius 3 is 2.35 bits per heavy atom. The zero-order valence-electron chi connectivity index (χ0n) is 18.6. The van der Waals surface area contributed by atoms with E-state index in [4.69, 9.17) is 9.47 Å². The van der Waals surface area contributed by atoms with E-state index in [1.807, 2.05) is 24.3 Å². The first-order valence-corrected chi connectivity index (χ1v) is 10.9. The quantitative estimate of drug-likeness (QED) is 0.461. The van der Waals surface area contributed by atoms with E-state index >= 15 is 0 Å². The topological polar surface area (TPSA) is 81.7 Å². The highest BCUT2D eigenvalue weighted by molar-refractivity contribution is 8.00. The number of amides is 1. The number of hydrogen-bond acceptors (Lipinski definition) is 6. The zero-order chi connectivity index (χ0) is 23.0. The predicted octanol–water partition coefficient (Wildman–Crippen LogP) is 4.26. The minimum absolute atomic E-state index is 0.157. The van der Waals surface area contributed by atoms with Gasteiger partial charge in [0.1, 0.15) is 5.75 Å². The normalized spacial score (nSPS) is 12.0. The fourth-order valence-electron chi connectivity index (χ4n) is 2.58. The van der Waals surface area contributed by atoms with E-state index in [1.54, 1.807) is 59.1 Å². The van der Waals surface area contributed by atoms with Gasteiger partial charge in [-0.1, -0.05) is 51.1 Å². The number of benzene rings is 2. The van der Waals surface area contributed by atoms with Crippen LogP contribution in [0.15, 0.2) is 53.4 Å². The largest absolute Gasteiger partial charge is 0.496 e. The molecule has 31 heavy (non-hydrogen) atoms. The zero-order valence-corrected chi connectivity index (χ0v) is 19.4. The standard InChI is InChI=1S/C24H29NO5S/c1-16(22(27)25-14-17-10-6-8-12-19(17)29-5)31-20-13-9-7-11-18(20)23(28)30-15-21(26)24(2,3)4/h6-13,16H,14-15H2,1-5H3,(H,25,27). The number of carbonyl (C=O) groups excluding carboxylic acids is 3. The second-order valence-electron chi connectivity index (χ2n) is 8.04. The maximum Gasteiger partial charge on any atom is 0.339 e. The number of carbonyl (C=O) groups is 3. The molecule has 0 heterocycles. The lowest BCUT2D eigenvalue weighted by Crippen LogP contribution is -2.30. The molecular weight excluding hydrogens is 414 g/mol. The summed E-state index contributed by atoms with van der Waals surface area (Å²) in [7, 11) is 1.59. The van der Waals surface area contributed by atoms with Gasteiger partial charge in [-0.3, -0.25) is 9.59 Å². The SMILES string of the molecule is COc1ccccc1CNC(=O)C(C)Sc1ccccc1C(=O)OCC(=O)C(C)(C)C. The molecule has 0 aliphatic rings. The Labute approximate surface area is 187 Å². The lowest BCUT2D eigenvalue weighted by molar-refractivity contribution is -0.129. The van der Waals surface area contributed by atoms with Crippen LogP contribution in [0.4, 0.5) is 0 Å². The van der Waals surface area contributed by atoms with Crippen LogP contribution in [-0.4, -0.2) is 36.6 Å². The average molecular weight is 444 g/mol. The maximum absolute atomic E-state index is 12.6. The lowest BCUT2D eigenvalue weighted by atomic mass is 9.91. The van der Waals surface area contributed by atoms with Crippen molar-refractivity contribution < 1.29 is 23.9 Å². The summed E-state index contributed by atoms with van der Waals surface area (Å²) in [6, 6.07) is 14.4. The summed E-state index contributed by atoms with van der Waals surface area (Å²) in [6.45, 7) is 7.16. The molecule has 1 atom stereocenters. The van der Waals surface area contributed by atoms with Crippen molar-refractivity contribution in [2.24, 2.45) is 5.41 Å². The summed E-state index contributed by atoms with van der Waals surface area (Å²) >= 11 is 1.26. The van der Waals surface area contributed by atoms with Gasteiger partial charge in [-0.2, -0.15) is 0 Å². The van der Waals surface area contributed by atoms with E-state index in [1.165, 1.54) is 11.8 Å². The molecule has 0 saturated heterocycles. The van der Waals surface area contributed by atoms with E-state index in [-0.39, 0.29) is 18.3 Å². The van der Waals surface area contributed by atoms with Crippen LogP contribution in [-0.2, 0) is 20.9 Å². The van der Waals surface area contributed by atoms with Crippen LogP contribution in [0.5, 0.6) is 5.75 Å². The van der Waals surface area contributed by atoms with Crippen molar-refractivity contribution in [3.8, 4) is 5.75 Å². The van der Waals surface area contributed by atoms with Gasteiger partial charge in [-0.05, 0) is 25.1 Å². The van der Waals surface area contributed by atoms with Crippen LogP contribution in [0.1, 0.15) is 43.6 Å². The van der Waals surface area contributed by atoms with Crippen molar-refractivity contribution >= 4 is 29.4 Å². The maximum atomic E-state index is 12.6. The number of ether oxygens (including phenoxy) is 2. The van der Waals surface area contributed by atoms with Crippen LogP contribution in [0, 0.1) is 5.41 Å². The van der Waals surface area contributed by atoms with Crippen molar-refractivity contribution in [2.75, 3.05) is 13.7 Å². The van der Waals surface area contributed by atoms with Crippen molar-refractivity contribution in [1.29, 1.82) is 0 Å². The minimum Gasteiger partial charge on any atom is -0.496 e. The Hall–Kier alpha value is -2.80. The summed E-state index contributed by atoms with van der Waals surface area (Å²) in [4.78, 5) is 37.8. The molecule has 1 unspecified atom stereocenters. The third-order valence-corrected chi connectivity index (χ3v) is 5.77. The molecule has 2 aromatic rings. The number of hydrogen-bond donors (Lipinski definition) is 1. The summed E-state index contributed by atoms with van der Waals surface area (Å²) < 4.78 is 10.5. The Morgan fingerprint density at radius 2 is 1.68 bits per heavy atom. The Balaban J connectivity index is 2.00. The number of methoxy groups -OCH3 is 1. The average Bonchev–Trinajstić information content (AvgIpc) is 2.75. The molecule has 1 amide bonds. The van der Waals surface area contributed by atoms with Crippen molar-refractivity contribution in [1.82, 2.24) is 5.32 Å². The van der Waals surface area contributed by atoms with Gasteiger partial charge >= 0.3 is 5.97 Å². The third kappa shape index (κ3) is 7.14. The second-order valence-corrected chi connectivity index (χ2v) is 9.42. The Kier molecular flexibility index (Phi) is 8.68. The van der Waals surface area contributed by atoms with Crippen LogP contribution >= 0.6 is 11.8 Å². The van der Waals surface area contributed by atoms with E-state index in [9.17, 15) is 14.4 Å². The highest BCUT2D eigenvalue weighted by Gasteiger charge is 2.24. The second kappa shape index (κ2) is 11.0. The van der Waals surface area contributed by atoms with Gasteiger partial charge in [0, 0.05) is 22.4 Å². The molecule has 7 heteroatoms. The molecule has 1 N–H and O–H groups in total. The lowest BCUT2D eigenvalue weighted by Gasteiger charge is -2.17. The van der Waals surface area contributed by atoms with E-state index in [0.29, 0.717) is 22.8 Å². The monoisotopic (exact) mass is 443 g/mol. The van der Waals surface area contributed by atoms with Crippen LogP contribution in [0.25, 0.3) is 0 Å². The van der Waals surface area contributed by atoms with Gasteiger partial charge in [0.2, 0.25) is 5.91 Å². The summed E-state index contributed by atoms with van der Waals surface area (Å²) in [5, 5.41) is 2.45. The number of Topliss-reactive ketones (excluding diaryl/α,β-unsaturated/α-hetero) is 1. The molecule has 2 rings (SSSR count). The van der Waals surface area contributed by atoms with Crippen molar-refractivity contribution in [3.05, 3.63) is 59.7 Å². The predicted molar refractivity (Wildman–Crippen MR) is 121 cm³/mol. The molecule has 0 aliphatic heterocycles. The summed E-state index contributed by atoms with van der Waals surface area (Å²) in [5.74, 6) is -0.194. The first-order chi connectivity index (χ1) is 14.6. The molecule has 0 fully saturated rings. The van der Waals surface area contributed by atoms with E-state index in [2.05, 4.69) is 5.32 Å². The molecular formula is C24H29NO5S. The number of thioether (sulfide) groups is 1. The van der Waals surface area contributed by atoms with Gasteiger partial charge < -0.3 is 14.8 Å². The van der Waals surface area contributed by atoms with Gasteiger partial charge in [0.15, 0.2) is 12.4 Å². The third-order valence-electron chi connectivity index (χ3n) is 4.60. The Morgan fingerprint density at radius 1 is 1.03 bits per heavy atom. The molecule has 6 nitrogen and oxygen atoms in total. The fraction of sp³-hybridized carbons (Fsp3) is 0.375. The number of esters is 1.